The topological polar surface area (TPSA) is 35.2 Å². The summed E-state index contributed by atoms with van der Waals surface area (Å²) in [5.41, 5.74) is 10.6. The molecule has 1 fully saturated rings. The molecule has 21 heavy (non-hydrogen) atoms. The van der Waals surface area contributed by atoms with Crippen molar-refractivity contribution in [1.29, 1.82) is 0 Å². The zero-order valence-corrected chi connectivity index (χ0v) is 12.2. The summed E-state index contributed by atoms with van der Waals surface area (Å²) < 4.78 is 5.80. The van der Waals surface area contributed by atoms with Crippen LogP contribution in [0.3, 0.4) is 0 Å². The average molecular weight is 279 g/mol. The Morgan fingerprint density at radius 1 is 0.905 bits per heavy atom. The van der Waals surface area contributed by atoms with E-state index in [1.165, 1.54) is 29.5 Å². The number of ether oxygens (including phenoxy) is 1. The molecule has 1 atom stereocenters. The highest BCUT2D eigenvalue weighted by Crippen LogP contribution is 2.34. The summed E-state index contributed by atoms with van der Waals surface area (Å²) in [4.78, 5) is 0. The van der Waals surface area contributed by atoms with Crippen LogP contribution in [0.15, 0.2) is 48.5 Å². The number of benzene rings is 2. The average Bonchev–Trinajstić information content (AvgIpc) is 3.22. The molecule has 2 aromatic rings. The lowest BCUT2D eigenvalue weighted by Gasteiger charge is -2.19. The van der Waals surface area contributed by atoms with Crippen LogP contribution in [0.2, 0.25) is 0 Å². The SMILES string of the molecule is NC(c1ccc(OC2CC2)cc1)C1Cc2ccccc2C1. The van der Waals surface area contributed by atoms with E-state index in [9.17, 15) is 0 Å². The Morgan fingerprint density at radius 2 is 1.52 bits per heavy atom. The first-order chi connectivity index (χ1) is 10.3. The normalized spacial score (nSPS) is 19.3. The van der Waals surface area contributed by atoms with Crippen LogP contribution in [0.4, 0.5) is 0 Å². The third kappa shape index (κ3) is 2.68. The molecule has 0 aliphatic heterocycles. The third-order valence-electron chi connectivity index (χ3n) is 4.68. The van der Waals surface area contributed by atoms with Crippen LogP contribution in [0.1, 0.15) is 35.6 Å². The van der Waals surface area contributed by atoms with Crippen LogP contribution in [-0.4, -0.2) is 6.10 Å². The minimum atomic E-state index is 0.104. The van der Waals surface area contributed by atoms with Crippen LogP contribution < -0.4 is 10.5 Å². The molecule has 108 valence electrons. The van der Waals surface area contributed by atoms with Crippen molar-refractivity contribution in [3.8, 4) is 5.75 Å². The summed E-state index contributed by atoms with van der Waals surface area (Å²) in [6, 6.07) is 17.2. The Kier molecular flexibility index (Phi) is 3.19. The standard InChI is InChI=1S/C19H21NO/c20-19(16-11-14-3-1-2-4-15(14)12-16)13-5-7-17(8-6-13)21-18-9-10-18/h1-8,16,18-19H,9-12,20H2. The van der Waals surface area contributed by atoms with Gasteiger partial charge in [0.05, 0.1) is 6.10 Å². The lowest BCUT2D eigenvalue weighted by molar-refractivity contribution is 0.303. The molecule has 2 nitrogen and oxygen atoms in total. The number of rotatable bonds is 4. The van der Waals surface area contributed by atoms with Gasteiger partial charge < -0.3 is 10.5 Å². The van der Waals surface area contributed by atoms with E-state index in [1.807, 2.05) is 0 Å². The van der Waals surface area contributed by atoms with Crippen molar-refractivity contribution in [2.75, 3.05) is 0 Å². The van der Waals surface area contributed by atoms with E-state index in [1.54, 1.807) is 0 Å². The van der Waals surface area contributed by atoms with Crippen molar-refractivity contribution in [2.45, 2.75) is 37.8 Å². The zero-order chi connectivity index (χ0) is 14.2. The first-order valence-electron chi connectivity index (χ1n) is 7.88. The predicted molar refractivity (Wildman–Crippen MR) is 84.4 cm³/mol. The summed E-state index contributed by atoms with van der Waals surface area (Å²) in [7, 11) is 0. The summed E-state index contributed by atoms with van der Waals surface area (Å²) in [5, 5.41) is 0. The first kappa shape index (κ1) is 12.9. The van der Waals surface area contributed by atoms with Crippen molar-refractivity contribution in [3.63, 3.8) is 0 Å². The van der Waals surface area contributed by atoms with Crippen LogP contribution in [0.25, 0.3) is 0 Å². The fourth-order valence-electron chi connectivity index (χ4n) is 3.27. The van der Waals surface area contributed by atoms with Gasteiger partial charge in [0.15, 0.2) is 0 Å². The fraction of sp³-hybridized carbons (Fsp3) is 0.368. The van der Waals surface area contributed by atoms with Crippen molar-refractivity contribution in [2.24, 2.45) is 11.7 Å². The Morgan fingerprint density at radius 3 is 2.10 bits per heavy atom. The molecule has 0 spiro atoms. The largest absolute Gasteiger partial charge is 0.490 e. The zero-order valence-electron chi connectivity index (χ0n) is 12.2. The Bertz CT molecular complexity index is 605. The molecule has 0 radical (unpaired) electrons. The second-order valence-electron chi connectivity index (χ2n) is 6.35. The van der Waals surface area contributed by atoms with E-state index in [4.69, 9.17) is 10.5 Å². The molecular formula is C19H21NO. The third-order valence-corrected chi connectivity index (χ3v) is 4.68. The number of hydrogen-bond acceptors (Lipinski definition) is 2. The van der Waals surface area contributed by atoms with Crippen molar-refractivity contribution in [1.82, 2.24) is 0 Å². The Hall–Kier alpha value is -1.80. The summed E-state index contributed by atoms with van der Waals surface area (Å²) in [5.74, 6) is 1.49. The van der Waals surface area contributed by atoms with E-state index in [0.717, 1.165) is 18.6 Å². The van der Waals surface area contributed by atoms with E-state index < -0.39 is 0 Å². The summed E-state index contributed by atoms with van der Waals surface area (Å²) >= 11 is 0. The van der Waals surface area contributed by atoms with Gasteiger partial charge in [-0.15, -0.1) is 0 Å². The first-order valence-corrected chi connectivity index (χ1v) is 7.88. The van der Waals surface area contributed by atoms with Crippen LogP contribution in [-0.2, 0) is 12.8 Å². The molecule has 0 bridgehead atoms. The molecule has 1 saturated carbocycles. The Balaban J connectivity index is 1.46. The van der Waals surface area contributed by atoms with Gasteiger partial charge in [0, 0.05) is 6.04 Å². The molecule has 4 rings (SSSR count). The molecule has 0 amide bonds. The van der Waals surface area contributed by atoms with Gasteiger partial charge >= 0.3 is 0 Å². The maximum atomic E-state index is 6.50. The lowest BCUT2D eigenvalue weighted by Crippen LogP contribution is -2.21. The molecule has 2 heteroatoms. The summed E-state index contributed by atoms with van der Waals surface area (Å²) in [6.45, 7) is 0. The molecule has 0 heterocycles. The van der Waals surface area contributed by atoms with E-state index in [0.29, 0.717) is 12.0 Å². The maximum absolute atomic E-state index is 6.50. The molecule has 1 unspecified atom stereocenters. The van der Waals surface area contributed by atoms with Gasteiger partial charge in [-0.2, -0.15) is 0 Å². The molecule has 2 aliphatic carbocycles. The minimum Gasteiger partial charge on any atom is -0.490 e. The number of hydrogen-bond donors (Lipinski definition) is 1. The lowest BCUT2D eigenvalue weighted by atomic mass is 9.91. The van der Waals surface area contributed by atoms with Crippen LogP contribution in [0.5, 0.6) is 5.75 Å². The second-order valence-corrected chi connectivity index (χ2v) is 6.35. The predicted octanol–water partition coefficient (Wildman–Crippen LogP) is 3.64. The smallest absolute Gasteiger partial charge is 0.119 e. The molecule has 0 aromatic heterocycles. The summed E-state index contributed by atoms with van der Waals surface area (Å²) in [6.07, 6.45) is 5.03. The van der Waals surface area contributed by atoms with Gasteiger partial charge in [0.25, 0.3) is 0 Å². The van der Waals surface area contributed by atoms with E-state index in [-0.39, 0.29) is 6.04 Å². The van der Waals surface area contributed by atoms with Crippen molar-refractivity contribution in [3.05, 3.63) is 65.2 Å². The minimum absolute atomic E-state index is 0.104. The van der Waals surface area contributed by atoms with E-state index in [2.05, 4.69) is 48.5 Å². The van der Waals surface area contributed by atoms with Gasteiger partial charge in [-0.3, -0.25) is 0 Å². The molecule has 0 saturated heterocycles. The highest BCUT2D eigenvalue weighted by Gasteiger charge is 2.27. The number of fused-ring (bicyclic) bond motifs is 1. The van der Waals surface area contributed by atoms with Gasteiger partial charge in [0.2, 0.25) is 0 Å². The van der Waals surface area contributed by atoms with Gasteiger partial charge in [-0.05, 0) is 60.4 Å². The Labute approximate surface area is 125 Å². The van der Waals surface area contributed by atoms with Gasteiger partial charge in [-0.25, -0.2) is 0 Å². The molecule has 2 aromatic carbocycles. The highest BCUT2D eigenvalue weighted by atomic mass is 16.5. The van der Waals surface area contributed by atoms with E-state index >= 15 is 0 Å². The highest BCUT2D eigenvalue weighted by molar-refractivity contribution is 5.35. The molecule has 2 N–H and O–H groups in total. The second kappa shape index (κ2) is 5.19. The van der Waals surface area contributed by atoms with Crippen molar-refractivity contribution >= 4 is 0 Å². The maximum Gasteiger partial charge on any atom is 0.119 e. The van der Waals surface area contributed by atoms with Crippen molar-refractivity contribution < 1.29 is 4.74 Å². The van der Waals surface area contributed by atoms with Crippen LogP contribution in [0, 0.1) is 5.92 Å². The monoisotopic (exact) mass is 279 g/mol. The van der Waals surface area contributed by atoms with Crippen LogP contribution >= 0.6 is 0 Å². The fourth-order valence-corrected chi connectivity index (χ4v) is 3.27. The van der Waals surface area contributed by atoms with Gasteiger partial charge in [0.1, 0.15) is 5.75 Å². The van der Waals surface area contributed by atoms with Gasteiger partial charge in [-0.1, -0.05) is 36.4 Å². The molecular weight excluding hydrogens is 258 g/mol. The number of nitrogens with two attached hydrogens (primary N) is 1. The quantitative estimate of drug-likeness (QED) is 0.927. The molecule has 2 aliphatic rings.